The number of hydrogen-bond acceptors (Lipinski definition) is 2. The molecule has 0 atom stereocenters. The molecule has 0 N–H and O–H groups in total. The first-order valence-electron chi connectivity index (χ1n) is 2.70. The van der Waals surface area contributed by atoms with Crippen molar-refractivity contribution >= 4 is 11.9 Å². The first-order valence-corrected chi connectivity index (χ1v) is 3.64. The van der Waals surface area contributed by atoms with Gasteiger partial charge in [0.2, 0.25) is 0 Å². The minimum Gasteiger partial charge on any atom is -0.247 e. The summed E-state index contributed by atoms with van der Waals surface area (Å²) >= 11 is 1.95. The Kier molecular flexibility index (Phi) is 1.60. The average molecular weight is 117 g/mol. The second-order valence-corrected chi connectivity index (χ2v) is 3.20. The highest BCUT2D eigenvalue weighted by Crippen LogP contribution is 2.22. The van der Waals surface area contributed by atoms with Crippen molar-refractivity contribution in [3.63, 3.8) is 0 Å². The maximum Gasteiger partial charge on any atom is 0.0218 e. The molecule has 1 fully saturated rings. The fourth-order valence-electron chi connectivity index (χ4n) is 0.604. The lowest BCUT2D eigenvalue weighted by Gasteiger charge is -2.32. The fraction of sp³-hybridized carbons (Fsp3) is 1.00. The first-order chi connectivity index (χ1) is 3.30. The molecule has 0 radical (unpaired) electrons. The predicted octanol–water partition coefficient (Wildman–Crippen LogP) is 1.36. The predicted molar refractivity (Wildman–Crippen MR) is 34.3 cm³/mol. The molecule has 1 aliphatic rings. The third kappa shape index (κ3) is 1.10. The van der Waals surface area contributed by atoms with Crippen molar-refractivity contribution in [2.24, 2.45) is 0 Å². The Bertz CT molecular complexity index is 59.1. The van der Waals surface area contributed by atoms with Gasteiger partial charge in [-0.2, -0.15) is 0 Å². The zero-order chi connectivity index (χ0) is 5.28. The van der Waals surface area contributed by atoms with Crippen LogP contribution in [-0.2, 0) is 0 Å². The molecule has 0 spiro atoms. The fourth-order valence-corrected chi connectivity index (χ4v) is 1.30. The Labute approximate surface area is 49.2 Å². The van der Waals surface area contributed by atoms with Crippen LogP contribution < -0.4 is 0 Å². The third-order valence-corrected chi connectivity index (χ3v) is 2.45. The van der Waals surface area contributed by atoms with Gasteiger partial charge in [0.25, 0.3) is 0 Å². The Hall–Kier alpha value is 0.310. The SMILES string of the molecule is CC(C)N1CCS1. The second kappa shape index (κ2) is 2.05. The average Bonchev–Trinajstić information content (AvgIpc) is 1.23. The van der Waals surface area contributed by atoms with Gasteiger partial charge in [-0.3, -0.25) is 0 Å². The normalized spacial score (nSPS) is 22.7. The van der Waals surface area contributed by atoms with Gasteiger partial charge in [0.15, 0.2) is 0 Å². The summed E-state index contributed by atoms with van der Waals surface area (Å²) in [6, 6.07) is 0.749. The van der Waals surface area contributed by atoms with Gasteiger partial charge in [-0.1, -0.05) is 11.9 Å². The van der Waals surface area contributed by atoms with Gasteiger partial charge in [-0.05, 0) is 13.8 Å². The molecule has 42 valence electrons. The van der Waals surface area contributed by atoms with Crippen molar-refractivity contribution in [2.45, 2.75) is 19.9 Å². The lowest BCUT2D eigenvalue weighted by molar-refractivity contribution is 0.389. The van der Waals surface area contributed by atoms with Crippen LogP contribution in [0.3, 0.4) is 0 Å². The molecule has 0 saturated carbocycles. The molecular formula is C5H11NS. The van der Waals surface area contributed by atoms with Crippen LogP contribution >= 0.6 is 11.9 Å². The van der Waals surface area contributed by atoms with E-state index >= 15 is 0 Å². The zero-order valence-electron chi connectivity index (χ0n) is 4.85. The highest BCUT2D eigenvalue weighted by molar-refractivity contribution is 7.98. The third-order valence-electron chi connectivity index (χ3n) is 1.14. The molecule has 1 heterocycles. The van der Waals surface area contributed by atoms with E-state index in [-0.39, 0.29) is 0 Å². The monoisotopic (exact) mass is 117 g/mol. The first kappa shape index (κ1) is 5.45. The molecule has 0 bridgehead atoms. The van der Waals surface area contributed by atoms with Gasteiger partial charge in [-0.25, -0.2) is 4.31 Å². The molecule has 1 nitrogen and oxygen atoms in total. The Balaban J connectivity index is 2.14. The van der Waals surface area contributed by atoms with E-state index in [1.54, 1.807) is 0 Å². The lowest BCUT2D eigenvalue weighted by atomic mass is 10.4. The summed E-state index contributed by atoms with van der Waals surface area (Å²) in [5.74, 6) is 1.33. The maximum atomic E-state index is 2.39. The van der Waals surface area contributed by atoms with Crippen molar-refractivity contribution in [1.82, 2.24) is 4.31 Å². The largest absolute Gasteiger partial charge is 0.247 e. The molecule has 7 heavy (non-hydrogen) atoms. The number of nitrogens with zero attached hydrogens (tertiary/aromatic N) is 1. The molecule has 2 heteroatoms. The molecule has 0 aromatic rings. The standard InChI is InChI=1S/C5H11NS/c1-5(2)6-3-4-7-6/h5H,3-4H2,1-2H3. The van der Waals surface area contributed by atoms with Crippen LogP contribution in [0.4, 0.5) is 0 Å². The number of rotatable bonds is 1. The van der Waals surface area contributed by atoms with E-state index in [0.717, 1.165) is 6.04 Å². The van der Waals surface area contributed by atoms with Gasteiger partial charge >= 0.3 is 0 Å². The van der Waals surface area contributed by atoms with Crippen LogP contribution in [0.1, 0.15) is 13.8 Å². The van der Waals surface area contributed by atoms with Crippen molar-refractivity contribution < 1.29 is 0 Å². The summed E-state index contributed by atoms with van der Waals surface area (Å²) in [5.41, 5.74) is 0. The molecule has 0 unspecified atom stereocenters. The van der Waals surface area contributed by atoms with Gasteiger partial charge in [0.05, 0.1) is 0 Å². The van der Waals surface area contributed by atoms with Crippen LogP contribution in [0, 0.1) is 0 Å². The molecule has 1 aliphatic heterocycles. The van der Waals surface area contributed by atoms with Gasteiger partial charge in [0.1, 0.15) is 0 Å². The van der Waals surface area contributed by atoms with Crippen LogP contribution in [0.25, 0.3) is 0 Å². The van der Waals surface area contributed by atoms with Crippen molar-refractivity contribution in [1.29, 1.82) is 0 Å². The maximum absolute atomic E-state index is 2.39. The van der Waals surface area contributed by atoms with E-state index in [2.05, 4.69) is 18.2 Å². The van der Waals surface area contributed by atoms with Gasteiger partial charge in [-0.15, -0.1) is 0 Å². The Morgan fingerprint density at radius 1 is 1.57 bits per heavy atom. The summed E-state index contributed by atoms with van der Waals surface area (Å²) in [6.07, 6.45) is 0. The van der Waals surface area contributed by atoms with E-state index in [1.807, 2.05) is 11.9 Å². The molecule has 0 aliphatic carbocycles. The van der Waals surface area contributed by atoms with E-state index in [9.17, 15) is 0 Å². The lowest BCUT2D eigenvalue weighted by Crippen LogP contribution is -2.34. The van der Waals surface area contributed by atoms with E-state index in [4.69, 9.17) is 0 Å². The number of hydrogen-bond donors (Lipinski definition) is 0. The van der Waals surface area contributed by atoms with Crippen molar-refractivity contribution in [3.05, 3.63) is 0 Å². The summed E-state index contributed by atoms with van der Waals surface area (Å²) in [4.78, 5) is 0. The van der Waals surface area contributed by atoms with E-state index in [0.29, 0.717) is 0 Å². The molecule has 0 aromatic carbocycles. The van der Waals surface area contributed by atoms with Gasteiger partial charge < -0.3 is 0 Å². The zero-order valence-corrected chi connectivity index (χ0v) is 5.66. The summed E-state index contributed by atoms with van der Waals surface area (Å²) in [7, 11) is 0. The van der Waals surface area contributed by atoms with Crippen LogP contribution in [0.15, 0.2) is 0 Å². The molecule has 1 saturated heterocycles. The van der Waals surface area contributed by atoms with Crippen LogP contribution in [0.2, 0.25) is 0 Å². The van der Waals surface area contributed by atoms with Crippen LogP contribution in [0.5, 0.6) is 0 Å². The Morgan fingerprint density at radius 3 is 2.14 bits per heavy atom. The smallest absolute Gasteiger partial charge is 0.0218 e. The molecular weight excluding hydrogens is 106 g/mol. The minimum atomic E-state index is 0.749. The van der Waals surface area contributed by atoms with E-state index < -0.39 is 0 Å². The molecule has 0 aromatic heterocycles. The summed E-state index contributed by atoms with van der Waals surface area (Å²) < 4.78 is 2.39. The highest BCUT2D eigenvalue weighted by atomic mass is 32.2. The van der Waals surface area contributed by atoms with Gasteiger partial charge in [0, 0.05) is 18.3 Å². The summed E-state index contributed by atoms with van der Waals surface area (Å²) in [6.45, 7) is 5.75. The molecule has 0 amide bonds. The Morgan fingerprint density at radius 2 is 2.14 bits per heavy atom. The van der Waals surface area contributed by atoms with Crippen LogP contribution in [-0.4, -0.2) is 22.6 Å². The summed E-state index contributed by atoms with van der Waals surface area (Å²) in [5, 5.41) is 0. The van der Waals surface area contributed by atoms with Crippen molar-refractivity contribution in [3.8, 4) is 0 Å². The second-order valence-electron chi connectivity index (χ2n) is 2.07. The quantitative estimate of drug-likeness (QED) is 0.477. The topological polar surface area (TPSA) is 3.24 Å². The van der Waals surface area contributed by atoms with E-state index in [1.165, 1.54) is 12.3 Å². The minimum absolute atomic E-state index is 0.749. The molecule has 1 rings (SSSR count). The highest BCUT2D eigenvalue weighted by Gasteiger charge is 2.16. The van der Waals surface area contributed by atoms with Crippen molar-refractivity contribution in [2.75, 3.05) is 12.3 Å².